The van der Waals surface area contributed by atoms with Crippen LogP contribution in [0.15, 0.2) is 33.6 Å². The first-order chi connectivity index (χ1) is 9.43. The molecule has 0 aromatic heterocycles. The lowest BCUT2D eigenvalue weighted by molar-refractivity contribution is -0.143. The molecule has 1 atom stereocenters. The van der Waals surface area contributed by atoms with Crippen molar-refractivity contribution in [3.8, 4) is 0 Å². The van der Waals surface area contributed by atoms with Crippen LogP contribution in [-0.4, -0.2) is 28.8 Å². The van der Waals surface area contributed by atoms with Gasteiger partial charge in [0.25, 0.3) is 0 Å². The average Bonchev–Trinajstić information content (AvgIpc) is 3.20. The van der Waals surface area contributed by atoms with Gasteiger partial charge in [-0.05, 0) is 44.0 Å². The maximum absolute atomic E-state index is 12.0. The first-order valence-corrected chi connectivity index (χ1v) is 8.03. The number of carboxylic acid groups (broad SMARTS) is 1. The van der Waals surface area contributed by atoms with Crippen molar-refractivity contribution in [2.24, 2.45) is 5.41 Å². The third-order valence-electron chi connectivity index (χ3n) is 3.40. The van der Waals surface area contributed by atoms with Crippen molar-refractivity contribution in [3.05, 3.63) is 28.7 Å². The second-order valence-electron chi connectivity index (χ2n) is 5.02. The molecule has 2 N–H and O–H groups in total. The fraction of sp³-hybridized carbons (Fsp3) is 0.429. The minimum atomic E-state index is -0.814. The second-order valence-corrected chi connectivity index (χ2v) is 7.35. The first kappa shape index (κ1) is 15.4. The summed E-state index contributed by atoms with van der Waals surface area (Å²) in [5, 5.41) is 11.6. The number of hydrogen-bond acceptors (Lipinski definition) is 3. The van der Waals surface area contributed by atoms with Gasteiger partial charge in [0.15, 0.2) is 0 Å². The Kier molecular flexibility index (Phi) is 4.75. The molecular weight excluding hydrogens is 342 g/mol. The molecule has 1 aliphatic rings. The van der Waals surface area contributed by atoms with Crippen molar-refractivity contribution in [1.29, 1.82) is 0 Å². The van der Waals surface area contributed by atoms with Crippen molar-refractivity contribution in [2.45, 2.75) is 29.9 Å². The van der Waals surface area contributed by atoms with Gasteiger partial charge in [-0.25, -0.2) is 0 Å². The number of carbonyl (C=O) groups is 2. The van der Waals surface area contributed by atoms with Crippen molar-refractivity contribution >= 4 is 39.6 Å². The minimum Gasteiger partial charge on any atom is -0.481 e. The molecule has 1 amide bonds. The highest BCUT2D eigenvalue weighted by molar-refractivity contribution is 9.10. The second kappa shape index (κ2) is 6.18. The summed E-state index contributed by atoms with van der Waals surface area (Å²) in [6.45, 7) is 2.05. The summed E-state index contributed by atoms with van der Waals surface area (Å²) in [5.74, 6) is -0.934. The molecule has 0 saturated heterocycles. The maximum Gasteiger partial charge on any atom is 0.311 e. The maximum atomic E-state index is 12.0. The van der Waals surface area contributed by atoms with Gasteiger partial charge in [0.1, 0.15) is 0 Å². The van der Waals surface area contributed by atoms with Crippen LogP contribution in [0.3, 0.4) is 0 Å². The van der Waals surface area contributed by atoms with Crippen LogP contribution in [0.2, 0.25) is 0 Å². The summed E-state index contributed by atoms with van der Waals surface area (Å²) in [7, 11) is 0. The van der Waals surface area contributed by atoms with Crippen molar-refractivity contribution < 1.29 is 14.7 Å². The van der Waals surface area contributed by atoms with Gasteiger partial charge >= 0.3 is 5.97 Å². The molecule has 0 spiro atoms. The molecule has 0 aliphatic heterocycles. The molecule has 0 heterocycles. The van der Waals surface area contributed by atoms with E-state index in [1.807, 2.05) is 31.2 Å². The average molecular weight is 358 g/mol. The molecule has 1 unspecified atom stereocenters. The Morgan fingerprint density at radius 3 is 2.50 bits per heavy atom. The Hall–Kier alpha value is -1.01. The molecule has 1 aromatic carbocycles. The molecule has 1 fully saturated rings. The highest BCUT2D eigenvalue weighted by Crippen LogP contribution is 2.45. The van der Waals surface area contributed by atoms with E-state index in [0.29, 0.717) is 12.8 Å². The Morgan fingerprint density at radius 2 is 2.00 bits per heavy atom. The number of benzene rings is 1. The number of halogens is 1. The van der Waals surface area contributed by atoms with Crippen LogP contribution in [0.25, 0.3) is 0 Å². The zero-order valence-corrected chi connectivity index (χ0v) is 13.5. The van der Waals surface area contributed by atoms with E-state index in [9.17, 15) is 9.59 Å². The molecule has 6 heteroatoms. The van der Waals surface area contributed by atoms with Crippen LogP contribution in [0, 0.1) is 5.41 Å². The fourth-order valence-corrected chi connectivity index (χ4v) is 2.94. The van der Waals surface area contributed by atoms with E-state index in [2.05, 4.69) is 21.2 Å². The topological polar surface area (TPSA) is 66.4 Å². The van der Waals surface area contributed by atoms with Crippen LogP contribution in [0.4, 0.5) is 0 Å². The van der Waals surface area contributed by atoms with E-state index < -0.39 is 11.4 Å². The number of hydrogen-bond donors (Lipinski definition) is 2. The van der Waals surface area contributed by atoms with Gasteiger partial charge in [-0.15, -0.1) is 11.8 Å². The summed E-state index contributed by atoms with van der Waals surface area (Å²) >= 11 is 4.82. The molecule has 4 nitrogen and oxygen atoms in total. The molecule has 108 valence electrons. The summed E-state index contributed by atoms with van der Waals surface area (Å²) in [5.41, 5.74) is -0.711. The minimum absolute atomic E-state index is 0.120. The number of aliphatic carboxylic acids is 1. The highest BCUT2D eigenvalue weighted by Gasteiger charge is 2.50. The fourth-order valence-electron chi connectivity index (χ4n) is 1.79. The van der Waals surface area contributed by atoms with Crippen LogP contribution in [0.5, 0.6) is 0 Å². The number of carboxylic acids is 1. The van der Waals surface area contributed by atoms with Gasteiger partial charge in [0.05, 0.1) is 10.7 Å². The van der Waals surface area contributed by atoms with Crippen LogP contribution < -0.4 is 5.32 Å². The summed E-state index contributed by atoms with van der Waals surface area (Å²) in [6.07, 6.45) is 1.30. The lowest BCUT2D eigenvalue weighted by Gasteiger charge is -2.15. The van der Waals surface area contributed by atoms with Gasteiger partial charge in [-0.2, -0.15) is 0 Å². The quantitative estimate of drug-likeness (QED) is 0.768. The SMILES string of the molecule is CC(Sc1ccc(Br)cc1)C(=O)NCC1(C(=O)O)CC1. The van der Waals surface area contributed by atoms with E-state index in [1.165, 1.54) is 11.8 Å². The zero-order chi connectivity index (χ0) is 14.8. The number of amides is 1. The smallest absolute Gasteiger partial charge is 0.311 e. The summed E-state index contributed by atoms with van der Waals surface area (Å²) < 4.78 is 0.996. The summed E-state index contributed by atoms with van der Waals surface area (Å²) in [4.78, 5) is 24.0. The zero-order valence-electron chi connectivity index (χ0n) is 11.1. The molecule has 20 heavy (non-hydrogen) atoms. The standard InChI is InChI=1S/C14H16BrNO3S/c1-9(20-11-4-2-10(15)3-5-11)12(17)16-8-14(6-7-14)13(18)19/h2-5,9H,6-8H2,1H3,(H,16,17)(H,18,19). The van der Waals surface area contributed by atoms with E-state index in [-0.39, 0.29) is 17.7 Å². The Labute approximate surface area is 130 Å². The number of carbonyl (C=O) groups excluding carboxylic acids is 1. The molecule has 0 radical (unpaired) electrons. The highest BCUT2D eigenvalue weighted by atomic mass is 79.9. The molecular formula is C14H16BrNO3S. The van der Waals surface area contributed by atoms with E-state index >= 15 is 0 Å². The van der Waals surface area contributed by atoms with Crippen LogP contribution in [-0.2, 0) is 9.59 Å². The third kappa shape index (κ3) is 3.76. The van der Waals surface area contributed by atoms with Gasteiger partial charge in [-0.3, -0.25) is 9.59 Å². The largest absolute Gasteiger partial charge is 0.481 e. The number of nitrogens with one attached hydrogen (secondary N) is 1. The first-order valence-electron chi connectivity index (χ1n) is 6.36. The van der Waals surface area contributed by atoms with Crippen LogP contribution >= 0.6 is 27.7 Å². The van der Waals surface area contributed by atoms with Gasteiger partial charge in [0, 0.05) is 15.9 Å². The molecule has 1 aliphatic carbocycles. The van der Waals surface area contributed by atoms with Crippen molar-refractivity contribution in [2.75, 3.05) is 6.54 Å². The Morgan fingerprint density at radius 1 is 1.40 bits per heavy atom. The van der Waals surface area contributed by atoms with Crippen LogP contribution in [0.1, 0.15) is 19.8 Å². The molecule has 2 rings (SSSR count). The van der Waals surface area contributed by atoms with Crippen molar-refractivity contribution in [1.82, 2.24) is 5.32 Å². The molecule has 0 bridgehead atoms. The van der Waals surface area contributed by atoms with Crippen molar-refractivity contribution in [3.63, 3.8) is 0 Å². The lowest BCUT2D eigenvalue weighted by Crippen LogP contribution is -2.38. The summed E-state index contributed by atoms with van der Waals surface area (Å²) in [6, 6.07) is 7.74. The molecule has 1 saturated carbocycles. The van der Waals surface area contributed by atoms with Gasteiger partial charge < -0.3 is 10.4 Å². The Bertz CT molecular complexity index is 514. The monoisotopic (exact) mass is 357 g/mol. The van der Waals surface area contributed by atoms with E-state index in [1.54, 1.807) is 0 Å². The normalized spacial score (nSPS) is 17.3. The predicted octanol–water partition coefficient (Wildman–Crippen LogP) is 2.91. The third-order valence-corrected chi connectivity index (χ3v) is 5.04. The van der Waals surface area contributed by atoms with E-state index in [4.69, 9.17) is 5.11 Å². The number of thioether (sulfide) groups is 1. The Balaban J connectivity index is 1.83. The molecule has 1 aromatic rings. The lowest BCUT2D eigenvalue weighted by atomic mass is 10.1. The predicted molar refractivity (Wildman–Crippen MR) is 81.8 cm³/mol. The van der Waals surface area contributed by atoms with E-state index in [0.717, 1.165) is 9.37 Å². The van der Waals surface area contributed by atoms with Gasteiger partial charge in [0.2, 0.25) is 5.91 Å². The number of rotatable bonds is 6. The van der Waals surface area contributed by atoms with Gasteiger partial charge in [-0.1, -0.05) is 15.9 Å².